The van der Waals surface area contributed by atoms with Crippen LogP contribution >= 0.6 is 0 Å². The van der Waals surface area contributed by atoms with Gasteiger partial charge in [0.1, 0.15) is 0 Å². The fourth-order valence-corrected chi connectivity index (χ4v) is 2.47. The van der Waals surface area contributed by atoms with Crippen LogP contribution in [0.1, 0.15) is 19.8 Å². The van der Waals surface area contributed by atoms with Gasteiger partial charge in [-0.15, -0.1) is 0 Å². The molecule has 0 aromatic heterocycles. The van der Waals surface area contributed by atoms with E-state index in [1.165, 1.54) is 12.8 Å². The highest BCUT2D eigenvalue weighted by molar-refractivity contribution is 4.87. The minimum absolute atomic E-state index is 0.390. The van der Waals surface area contributed by atoms with E-state index in [9.17, 15) is 0 Å². The van der Waals surface area contributed by atoms with Crippen molar-refractivity contribution in [2.45, 2.75) is 31.9 Å². The van der Waals surface area contributed by atoms with Gasteiger partial charge in [-0.2, -0.15) is 0 Å². The van der Waals surface area contributed by atoms with E-state index in [1.807, 2.05) is 0 Å². The van der Waals surface area contributed by atoms with Crippen molar-refractivity contribution in [2.75, 3.05) is 45.9 Å². The van der Waals surface area contributed by atoms with Crippen LogP contribution in [0.5, 0.6) is 0 Å². The van der Waals surface area contributed by atoms with E-state index in [2.05, 4.69) is 16.7 Å². The summed E-state index contributed by atoms with van der Waals surface area (Å²) in [7, 11) is 0. The molecule has 2 rings (SSSR count). The minimum Gasteiger partial charge on any atom is -0.374 e. The SMILES string of the molecule is CCN1CCOC(CN(CCN)C2CC2)C1. The first-order chi connectivity index (χ1) is 7.83. The van der Waals surface area contributed by atoms with Crippen LogP contribution in [0.4, 0.5) is 0 Å². The third kappa shape index (κ3) is 3.42. The smallest absolute Gasteiger partial charge is 0.0829 e. The zero-order valence-electron chi connectivity index (χ0n) is 10.4. The summed E-state index contributed by atoms with van der Waals surface area (Å²) in [6.07, 6.45) is 3.09. The van der Waals surface area contributed by atoms with Gasteiger partial charge in [0.05, 0.1) is 12.7 Å². The lowest BCUT2D eigenvalue weighted by atomic mass is 10.2. The van der Waals surface area contributed by atoms with Gasteiger partial charge in [-0.25, -0.2) is 0 Å². The van der Waals surface area contributed by atoms with Crippen LogP contribution in [0.25, 0.3) is 0 Å². The lowest BCUT2D eigenvalue weighted by molar-refractivity contribution is -0.0425. The Balaban J connectivity index is 1.77. The first-order valence-corrected chi connectivity index (χ1v) is 6.61. The van der Waals surface area contributed by atoms with Crippen LogP contribution in [0.2, 0.25) is 0 Å². The standard InChI is InChI=1S/C12H25N3O/c1-2-14-7-8-16-12(9-14)10-15(6-5-13)11-3-4-11/h11-12H,2-10,13H2,1H3. The fourth-order valence-electron chi connectivity index (χ4n) is 2.47. The molecule has 1 heterocycles. The van der Waals surface area contributed by atoms with Crippen molar-refractivity contribution in [1.29, 1.82) is 0 Å². The van der Waals surface area contributed by atoms with Crippen LogP contribution < -0.4 is 5.73 Å². The molecule has 1 saturated carbocycles. The molecule has 1 atom stereocenters. The van der Waals surface area contributed by atoms with E-state index in [0.717, 1.165) is 51.9 Å². The summed E-state index contributed by atoms with van der Waals surface area (Å²) in [5, 5.41) is 0. The van der Waals surface area contributed by atoms with E-state index in [0.29, 0.717) is 6.10 Å². The largest absolute Gasteiger partial charge is 0.374 e. The van der Waals surface area contributed by atoms with E-state index < -0.39 is 0 Å². The first-order valence-electron chi connectivity index (χ1n) is 6.61. The van der Waals surface area contributed by atoms with Crippen LogP contribution in [-0.4, -0.2) is 67.8 Å². The predicted molar refractivity (Wildman–Crippen MR) is 65.5 cm³/mol. The number of likely N-dealkylation sites (N-methyl/N-ethyl adjacent to an activating group) is 1. The molecule has 1 aliphatic heterocycles. The van der Waals surface area contributed by atoms with E-state index in [-0.39, 0.29) is 0 Å². The molecule has 1 saturated heterocycles. The summed E-state index contributed by atoms with van der Waals surface area (Å²) in [5.41, 5.74) is 5.66. The summed E-state index contributed by atoms with van der Waals surface area (Å²) in [4.78, 5) is 4.99. The molecule has 94 valence electrons. The Morgan fingerprint density at radius 1 is 1.44 bits per heavy atom. The molecule has 1 aliphatic carbocycles. The minimum atomic E-state index is 0.390. The topological polar surface area (TPSA) is 41.7 Å². The maximum absolute atomic E-state index is 5.84. The van der Waals surface area contributed by atoms with Gasteiger partial charge in [-0.3, -0.25) is 9.80 Å². The van der Waals surface area contributed by atoms with Crippen molar-refractivity contribution in [3.8, 4) is 0 Å². The molecular formula is C12H25N3O. The first kappa shape index (κ1) is 12.3. The number of hydrogen-bond acceptors (Lipinski definition) is 4. The van der Waals surface area contributed by atoms with Gasteiger partial charge in [0.15, 0.2) is 0 Å². The summed E-state index contributed by atoms with van der Waals surface area (Å²) >= 11 is 0. The lowest BCUT2D eigenvalue weighted by Crippen LogP contribution is -2.48. The van der Waals surface area contributed by atoms with Gasteiger partial charge in [0, 0.05) is 38.8 Å². The fraction of sp³-hybridized carbons (Fsp3) is 1.00. The molecule has 4 nitrogen and oxygen atoms in total. The molecular weight excluding hydrogens is 202 g/mol. The van der Waals surface area contributed by atoms with E-state index in [1.54, 1.807) is 0 Å². The van der Waals surface area contributed by atoms with Crippen LogP contribution in [0.3, 0.4) is 0 Å². The average molecular weight is 227 g/mol. The third-order valence-electron chi connectivity index (χ3n) is 3.59. The maximum Gasteiger partial charge on any atom is 0.0829 e. The highest BCUT2D eigenvalue weighted by atomic mass is 16.5. The molecule has 4 heteroatoms. The second-order valence-corrected chi connectivity index (χ2v) is 4.90. The van der Waals surface area contributed by atoms with Crippen LogP contribution in [0, 0.1) is 0 Å². The molecule has 0 spiro atoms. The lowest BCUT2D eigenvalue weighted by Gasteiger charge is -2.35. The number of nitrogens with zero attached hydrogens (tertiary/aromatic N) is 2. The quantitative estimate of drug-likeness (QED) is 0.700. The van der Waals surface area contributed by atoms with Crippen molar-refractivity contribution in [3.63, 3.8) is 0 Å². The zero-order valence-corrected chi connectivity index (χ0v) is 10.4. The summed E-state index contributed by atoms with van der Waals surface area (Å²) in [6, 6.07) is 0.796. The molecule has 0 aromatic rings. The van der Waals surface area contributed by atoms with Crippen molar-refractivity contribution >= 4 is 0 Å². The molecule has 1 unspecified atom stereocenters. The maximum atomic E-state index is 5.84. The van der Waals surface area contributed by atoms with Crippen LogP contribution in [0.15, 0.2) is 0 Å². The zero-order chi connectivity index (χ0) is 11.4. The highest BCUT2D eigenvalue weighted by Crippen LogP contribution is 2.27. The molecule has 16 heavy (non-hydrogen) atoms. The summed E-state index contributed by atoms with van der Waals surface area (Å²) in [6.45, 7) is 9.29. The summed E-state index contributed by atoms with van der Waals surface area (Å²) in [5.74, 6) is 0. The third-order valence-corrected chi connectivity index (χ3v) is 3.59. The highest BCUT2D eigenvalue weighted by Gasteiger charge is 2.31. The Hall–Kier alpha value is -0.160. The normalized spacial score (nSPS) is 27.6. The second-order valence-electron chi connectivity index (χ2n) is 4.90. The molecule has 2 fully saturated rings. The number of hydrogen-bond donors (Lipinski definition) is 1. The average Bonchev–Trinajstić information content (AvgIpc) is 3.13. The van der Waals surface area contributed by atoms with Crippen molar-refractivity contribution in [2.24, 2.45) is 5.73 Å². The molecule has 0 bridgehead atoms. The molecule has 0 amide bonds. The predicted octanol–water partition coefficient (Wildman–Crippen LogP) is 0.130. The van der Waals surface area contributed by atoms with Gasteiger partial charge in [-0.1, -0.05) is 6.92 Å². The molecule has 2 N–H and O–H groups in total. The Morgan fingerprint density at radius 3 is 2.88 bits per heavy atom. The van der Waals surface area contributed by atoms with Gasteiger partial charge in [0.25, 0.3) is 0 Å². The van der Waals surface area contributed by atoms with E-state index in [4.69, 9.17) is 10.5 Å². The van der Waals surface area contributed by atoms with Crippen molar-refractivity contribution in [3.05, 3.63) is 0 Å². The summed E-state index contributed by atoms with van der Waals surface area (Å²) < 4.78 is 5.84. The number of nitrogens with two attached hydrogens (primary N) is 1. The van der Waals surface area contributed by atoms with Crippen molar-refractivity contribution < 1.29 is 4.74 Å². The Morgan fingerprint density at radius 2 is 2.25 bits per heavy atom. The Bertz CT molecular complexity index is 208. The Kier molecular flexibility index (Phi) is 4.58. The van der Waals surface area contributed by atoms with Crippen LogP contribution in [-0.2, 0) is 4.74 Å². The van der Waals surface area contributed by atoms with Gasteiger partial charge in [-0.05, 0) is 19.4 Å². The number of morpholine rings is 1. The monoisotopic (exact) mass is 227 g/mol. The number of rotatable bonds is 6. The van der Waals surface area contributed by atoms with E-state index >= 15 is 0 Å². The molecule has 0 radical (unpaired) electrons. The van der Waals surface area contributed by atoms with Gasteiger partial charge in [0.2, 0.25) is 0 Å². The second kappa shape index (κ2) is 5.96. The van der Waals surface area contributed by atoms with Gasteiger partial charge >= 0.3 is 0 Å². The number of ether oxygens (including phenoxy) is 1. The Labute approximate surface area is 98.7 Å². The molecule has 2 aliphatic rings. The van der Waals surface area contributed by atoms with Crippen molar-refractivity contribution in [1.82, 2.24) is 9.80 Å². The van der Waals surface area contributed by atoms with Gasteiger partial charge < -0.3 is 10.5 Å². The molecule has 0 aromatic carbocycles.